The zero-order chi connectivity index (χ0) is 8.39. The van der Waals surface area contributed by atoms with Crippen LogP contribution in [0.25, 0.3) is 12.2 Å². The van der Waals surface area contributed by atoms with Gasteiger partial charge in [-0.05, 0) is 29.5 Å². The molecule has 1 aromatic rings. The summed E-state index contributed by atoms with van der Waals surface area (Å²) in [6.45, 7) is 3.76. The maximum absolute atomic E-state index is 3.76. The Bertz CT molecular complexity index is 332. The van der Waals surface area contributed by atoms with Gasteiger partial charge in [-0.25, -0.2) is 0 Å². The maximum Gasteiger partial charge on any atom is -0.0227 e. The molecular weight excluding hydrogens is 144 g/mol. The van der Waals surface area contributed by atoms with Crippen LogP contribution in [0.2, 0.25) is 0 Å². The number of hydrogen-bond acceptors (Lipinski definition) is 0. The molecule has 2 rings (SSSR count). The fourth-order valence-electron chi connectivity index (χ4n) is 1.58. The van der Waals surface area contributed by atoms with E-state index < -0.39 is 0 Å². The Morgan fingerprint density at radius 2 is 2.25 bits per heavy atom. The molecule has 0 bridgehead atoms. The van der Waals surface area contributed by atoms with Crippen molar-refractivity contribution < 1.29 is 0 Å². The highest BCUT2D eigenvalue weighted by atomic mass is 14.1. The van der Waals surface area contributed by atoms with Crippen molar-refractivity contribution in [1.82, 2.24) is 0 Å². The van der Waals surface area contributed by atoms with Gasteiger partial charge in [0.1, 0.15) is 0 Å². The molecule has 0 saturated carbocycles. The first-order valence-corrected chi connectivity index (χ1v) is 4.32. The van der Waals surface area contributed by atoms with E-state index in [1.165, 1.54) is 29.5 Å². The van der Waals surface area contributed by atoms with Crippen LogP contribution >= 0.6 is 0 Å². The molecule has 0 N–H and O–H groups in total. The molecule has 0 atom stereocenters. The highest BCUT2D eigenvalue weighted by molar-refractivity contribution is 5.60. The van der Waals surface area contributed by atoms with Crippen LogP contribution in [-0.2, 0) is 6.42 Å². The molecule has 0 aliphatic heterocycles. The van der Waals surface area contributed by atoms with E-state index in [2.05, 4.69) is 36.9 Å². The Hall–Kier alpha value is -1.30. The molecule has 1 aliphatic carbocycles. The molecule has 0 heteroatoms. The van der Waals surface area contributed by atoms with E-state index in [-0.39, 0.29) is 0 Å². The quantitative estimate of drug-likeness (QED) is 0.585. The van der Waals surface area contributed by atoms with Crippen LogP contribution in [0.15, 0.2) is 30.9 Å². The summed E-state index contributed by atoms with van der Waals surface area (Å²) in [5.41, 5.74) is 4.05. The van der Waals surface area contributed by atoms with Gasteiger partial charge in [0.25, 0.3) is 0 Å². The summed E-state index contributed by atoms with van der Waals surface area (Å²) in [4.78, 5) is 0. The molecule has 0 spiro atoms. The first kappa shape index (κ1) is 7.35. The molecule has 12 heavy (non-hydrogen) atoms. The highest BCUT2D eigenvalue weighted by Gasteiger charge is 2.03. The molecule has 0 amide bonds. The Kier molecular flexibility index (Phi) is 1.83. The predicted molar refractivity (Wildman–Crippen MR) is 53.9 cm³/mol. The summed E-state index contributed by atoms with van der Waals surface area (Å²) in [5.74, 6) is 0. The summed E-state index contributed by atoms with van der Waals surface area (Å²) >= 11 is 0. The lowest BCUT2D eigenvalue weighted by molar-refractivity contribution is 0.985. The minimum atomic E-state index is 1.17. The van der Waals surface area contributed by atoms with Gasteiger partial charge in [0.05, 0.1) is 0 Å². The van der Waals surface area contributed by atoms with E-state index in [0.29, 0.717) is 0 Å². The number of fused-ring (bicyclic) bond motifs is 1. The number of allylic oxidation sites excluding steroid dienone is 1. The Labute approximate surface area is 73.2 Å². The third kappa shape index (κ3) is 1.20. The van der Waals surface area contributed by atoms with Gasteiger partial charge in [-0.1, -0.05) is 43.0 Å². The van der Waals surface area contributed by atoms with E-state index in [1.54, 1.807) is 0 Å². The topological polar surface area (TPSA) is 0 Å². The number of rotatable bonds is 1. The van der Waals surface area contributed by atoms with Gasteiger partial charge < -0.3 is 0 Å². The maximum atomic E-state index is 3.76. The zero-order valence-electron chi connectivity index (χ0n) is 7.09. The second kappa shape index (κ2) is 2.98. The lowest BCUT2D eigenvalue weighted by Crippen LogP contribution is -1.93. The fraction of sp³-hybridized carbons (Fsp3) is 0.167. The summed E-state index contributed by atoms with van der Waals surface area (Å²) in [5, 5.41) is 0. The molecule has 60 valence electrons. The van der Waals surface area contributed by atoms with Crippen LogP contribution in [0.5, 0.6) is 0 Å². The Morgan fingerprint density at radius 3 is 3.08 bits per heavy atom. The minimum absolute atomic E-state index is 1.17. The molecule has 0 nitrogen and oxygen atoms in total. The molecule has 1 aliphatic rings. The zero-order valence-corrected chi connectivity index (χ0v) is 7.09. The van der Waals surface area contributed by atoms with Crippen molar-refractivity contribution in [2.24, 2.45) is 0 Å². The van der Waals surface area contributed by atoms with Gasteiger partial charge in [-0.2, -0.15) is 0 Å². The second-order valence-corrected chi connectivity index (χ2v) is 3.10. The van der Waals surface area contributed by atoms with Crippen LogP contribution < -0.4 is 0 Å². The summed E-state index contributed by atoms with van der Waals surface area (Å²) in [6, 6.07) is 6.51. The van der Waals surface area contributed by atoms with Crippen molar-refractivity contribution in [3.63, 3.8) is 0 Å². The van der Waals surface area contributed by atoms with E-state index >= 15 is 0 Å². The van der Waals surface area contributed by atoms with Crippen molar-refractivity contribution in [3.05, 3.63) is 47.5 Å². The lowest BCUT2D eigenvalue weighted by Gasteiger charge is -2.10. The highest BCUT2D eigenvalue weighted by Crippen LogP contribution is 2.20. The van der Waals surface area contributed by atoms with Gasteiger partial charge in [0.15, 0.2) is 0 Å². The van der Waals surface area contributed by atoms with Crippen molar-refractivity contribution in [2.75, 3.05) is 0 Å². The van der Waals surface area contributed by atoms with Gasteiger partial charge in [-0.3, -0.25) is 0 Å². The molecular formula is C12H12. The molecule has 0 saturated heterocycles. The minimum Gasteiger partial charge on any atom is -0.0985 e. The van der Waals surface area contributed by atoms with Crippen molar-refractivity contribution in [2.45, 2.75) is 12.8 Å². The summed E-state index contributed by atoms with van der Waals surface area (Å²) in [6.07, 6.45) is 8.68. The molecule has 1 aromatic carbocycles. The SMILES string of the molecule is C=Cc1ccc2c(c1)CCC=C2. The Balaban J connectivity index is 2.50. The number of aryl methyl sites for hydroxylation is 1. The van der Waals surface area contributed by atoms with Crippen molar-refractivity contribution in [1.29, 1.82) is 0 Å². The third-order valence-corrected chi connectivity index (χ3v) is 2.28. The van der Waals surface area contributed by atoms with E-state index in [1.807, 2.05) is 6.08 Å². The number of benzene rings is 1. The third-order valence-electron chi connectivity index (χ3n) is 2.28. The van der Waals surface area contributed by atoms with Gasteiger partial charge in [0, 0.05) is 0 Å². The van der Waals surface area contributed by atoms with Crippen molar-refractivity contribution in [3.8, 4) is 0 Å². The normalized spacial score (nSPS) is 14.0. The van der Waals surface area contributed by atoms with Gasteiger partial charge in [-0.15, -0.1) is 0 Å². The van der Waals surface area contributed by atoms with E-state index in [0.717, 1.165) is 0 Å². The lowest BCUT2D eigenvalue weighted by atomic mass is 9.95. The first-order chi connectivity index (χ1) is 5.90. The van der Waals surface area contributed by atoms with Crippen LogP contribution in [0.3, 0.4) is 0 Å². The van der Waals surface area contributed by atoms with Crippen LogP contribution in [0.1, 0.15) is 23.1 Å². The van der Waals surface area contributed by atoms with Crippen LogP contribution in [0, 0.1) is 0 Å². The molecule has 0 radical (unpaired) electrons. The molecule has 0 heterocycles. The standard InChI is InChI=1S/C12H12/c1-2-10-7-8-11-5-3-4-6-12(11)9-10/h2-3,5,7-9H,1,4,6H2. The first-order valence-electron chi connectivity index (χ1n) is 4.32. The smallest absolute Gasteiger partial charge is 0.0227 e. The fourth-order valence-corrected chi connectivity index (χ4v) is 1.58. The molecule has 0 fully saturated rings. The van der Waals surface area contributed by atoms with Gasteiger partial charge in [0.2, 0.25) is 0 Å². The average molecular weight is 156 g/mol. The average Bonchev–Trinajstić information content (AvgIpc) is 2.17. The van der Waals surface area contributed by atoms with E-state index in [9.17, 15) is 0 Å². The van der Waals surface area contributed by atoms with Crippen molar-refractivity contribution >= 4 is 12.2 Å². The molecule has 0 aromatic heterocycles. The van der Waals surface area contributed by atoms with E-state index in [4.69, 9.17) is 0 Å². The second-order valence-electron chi connectivity index (χ2n) is 3.10. The largest absolute Gasteiger partial charge is 0.0985 e. The summed E-state index contributed by atoms with van der Waals surface area (Å²) in [7, 11) is 0. The Morgan fingerprint density at radius 1 is 1.33 bits per heavy atom. The van der Waals surface area contributed by atoms with Crippen LogP contribution in [0.4, 0.5) is 0 Å². The van der Waals surface area contributed by atoms with Crippen LogP contribution in [-0.4, -0.2) is 0 Å². The summed E-state index contributed by atoms with van der Waals surface area (Å²) < 4.78 is 0. The van der Waals surface area contributed by atoms with Gasteiger partial charge >= 0.3 is 0 Å². The molecule has 0 unspecified atom stereocenters. The number of hydrogen-bond donors (Lipinski definition) is 0. The predicted octanol–water partition coefficient (Wildman–Crippen LogP) is 3.29. The monoisotopic (exact) mass is 156 g/mol.